The normalized spacial score (nSPS) is 12.6. The van der Waals surface area contributed by atoms with Gasteiger partial charge in [0.15, 0.2) is 0 Å². The van der Waals surface area contributed by atoms with Gasteiger partial charge in [-0.2, -0.15) is 25.5 Å². The fraction of sp³-hybridized carbons (Fsp3) is 0.352. The van der Waals surface area contributed by atoms with Gasteiger partial charge < -0.3 is 26.6 Å². The van der Waals surface area contributed by atoms with Crippen LogP contribution in [0.25, 0.3) is 54.5 Å². The Hall–Kier alpha value is -14.4. The number of aryl methyl sites for hydroxylation is 5. The van der Waals surface area contributed by atoms with E-state index >= 15 is 0 Å². The SMILES string of the molecule is CC(C)c1cccc(C(C)C)c1NC(=O)NS(=O)(=O)Cc1ccc2[nH]ncc2c1.Cc1cc(C(C)C)c(NC(=O)NS(=O)(=O)Cc2ccc3[nH]ncc3c2)c(C(C)C)c1.Cc1cc(C(C)C)c(NC(=O)NS(=O)(=O)Cc2ccc3[nH]ncc3c2)c(C(C)C)c1.Cc1cc(C(C)C)c(NC(=O)NS(=O)(=O)Cc2ccc3cn[nH]c3c2)c(C(C)C)c1.O=C(Nc1c2c(cc3c1CCC3)CCC2)NS(=O)(=O)Cc1ccc2[nH]ncc2c1. The highest BCUT2D eigenvalue weighted by molar-refractivity contribution is 7.90. The van der Waals surface area contributed by atoms with E-state index in [9.17, 15) is 66.1 Å². The van der Waals surface area contributed by atoms with Gasteiger partial charge in [0.1, 0.15) is 0 Å². The first-order valence-electron chi connectivity index (χ1n) is 49.2. The molecule has 0 radical (unpaired) electrons. The van der Waals surface area contributed by atoms with Crippen molar-refractivity contribution in [1.29, 1.82) is 0 Å². The number of H-pyrrole nitrogens is 5. The zero-order valence-corrected chi connectivity index (χ0v) is 90.7. The number of carbonyl (C=O) groups is 5. The summed E-state index contributed by atoms with van der Waals surface area (Å²) in [5.41, 5.74) is 26.5. The lowest BCUT2D eigenvalue weighted by Gasteiger charge is -2.21. The summed E-state index contributed by atoms with van der Waals surface area (Å²) in [4.78, 5) is 62.9. The molecule has 148 heavy (non-hydrogen) atoms. The van der Waals surface area contributed by atoms with E-state index in [-0.39, 0.29) is 76.1 Å². The fourth-order valence-electron chi connectivity index (χ4n) is 18.4. The molecule has 5 heterocycles. The Morgan fingerprint density at radius 1 is 0.257 bits per heavy atom. The minimum Gasteiger partial charge on any atom is -0.307 e. The smallest absolute Gasteiger partial charge is 0.307 e. The molecule has 15 N–H and O–H groups in total. The van der Waals surface area contributed by atoms with Crippen molar-refractivity contribution in [1.82, 2.24) is 74.6 Å². The maximum atomic E-state index is 12.6. The Balaban J connectivity index is 0.000000154. The van der Waals surface area contributed by atoms with E-state index in [0.717, 1.165) is 160 Å². The van der Waals surface area contributed by atoms with Crippen molar-refractivity contribution in [2.24, 2.45) is 0 Å². The molecule has 15 aromatic rings. The molecule has 0 spiro atoms. The Labute approximate surface area is 864 Å². The number of rotatable bonds is 28. The first-order valence-corrected chi connectivity index (χ1v) is 57.5. The maximum absolute atomic E-state index is 12.6. The predicted molar refractivity (Wildman–Crippen MR) is 588 cm³/mol. The van der Waals surface area contributed by atoms with Crippen molar-refractivity contribution in [2.75, 3.05) is 26.6 Å². The van der Waals surface area contributed by atoms with Gasteiger partial charge in [-0.05, 0) is 256 Å². The van der Waals surface area contributed by atoms with Crippen molar-refractivity contribution in [3.63, 3.8) is 0 Å². The average Bonchev–Trinajstić information content (AvgIpc) is 1.61. The first-order chi connectivity index (χ1) is 69.8. The van der Waals surface area contributed by atoms with Crippen molar-refractivity contribution >= 4 is 163 Å². The van der Waals surface area contributed by atoms with Crippen LogP contribution < -0.4 is 50.2 Å². The summed E-state index contributed by atoms with van der Waals surface area (Å²) < 4.78 is 136. The Morgan fingerprint density at radius 3 is 0.736 bits per heavy atom. The Morgan fingerprint density at radius 2 is 0.480 bits per heavy atom. The number of anilines is 5. The van der Waals surface area contributed by atoms with E-state index < -0.39 is 80.3 Å². The van der Waals surface area contributed by atoms with Gasteiger partial charge in [-0.1, -0.05) is 225 Å². The third kappa shape index (κ3) is 29.4. The van der Waals surface area contributed by atoms with Gasteiger partial charge in [0.05, 0.1) is 87.3 Å². The van der Waals surface area contributed by atoms with E-state index in [4.69, 9.17) is 0 Å². The van der Waals surface area contributed by atoms with Gasteiger partial charge in [0.2, 0.25) is 50.1 Å². The van der Waals surface area contributed by atoms with Crippen LogP contribution >= 0.6 is 0 Å². The summed E-state index contributed by atoms with van der Waals surface area (Å²) in [6, 6.07) is 42.7. The molecule has 0 unspecified atom stereocenters. The lowest BCUT2D eigenvalue weighted by atomic mass is 9.90. The molecule has 17 rings (SSSR count). The van der Waals surface area contributed by atoms with Crippen LogP contribution in [-0.2, 0) is 105 Å². The van der Waals surface area contributed by atoms with Crippen LogP contribution in [0.3, 0.4) is 0 Å². The van der Waals surface area contributed by atoms with E-state index in [0.29, 0.717) is 50.6 Å². The lowest BCUT2D eigenvalue weighted by molar-refractivity contribution is 0.255. The van der Waals surface area contributed by atoms with E-state index in [2.05, 4.69) is 107 Å². The highest BCUT2D eigenvalue weighted by Crippen LogP contribution is 2.42. The summed E-state index contributed by atoms with van der Waals surface area (Å²) in [6.45, 7) is 38.7. The van der Waals surface area contributed by atoms with Gasteiger partial charge in [-0.25, -0.2) is 89.7 Å². The third-order valence-electron chi connectivity index (χ3n) is 25.4. The molecule has 40 heteroatoms. The van der Waals surface area contributed by atoms with Gasteiger partial charge in [-0.3, -0.25) is 25.5 Å². The predicted octanol–water partition coefficient (Wildman–Crippen LogP) is 22.0. The number of nitrogens with one attached hydrogen (secondary N) is 15. The van der Waals surface area contributed by atoms with Crippen molar-refractivity contribution < 1.29 is 66.1 Å². The van der Waals surface area contributed by atoms with Crippen LogP contribution in [0.15, 0.2) is 183 Å². The molecule has 10 aromatic carbocycles. The number of amides is 10. The molecule has 0 saturated carbocycles. The highest BCUT2D eigenvalue weighted by atomic mass is 32.2. The zero-order chi connectivity index (χ0) is 107. The number of benzene rings is 10. The molecule has 2 aliphatic rings. The average molecular weight is 2110 g/mol. The van der Waals surface area contributed by atoms with Crippen LogP contribution in [-0.4, -0.2) is 123 Å². The third-order valence-corrected chi connectivity index (χ3v) is 31.4. The number of hydrogen-bond donors (Lipinski definition) is 15. The summed E-state index contributed by atoms with van der Waals surface area (Å²) in [6.07, 6.45) is 14.2. The van der Waals surface area contributed by atoms with Gasteiger partial charge >= 0.3 is 30.2 Å². The molecule has 5 aromatic heterocycles. The second-order valence-corrected chi connectivity index (χ2v) is 48.9. The summed E-state index contributed by atoms with van der Waals surface area (Å²) in [7, 11) is -19.3. The molecule has 0 bridgehead atoms. The van der Waals surface area contributed by atoms with Crippen LogP contribution in [0, 0.1) is 20.8 Å². The number of aromatic amines is 5. The number of sulfonamides is 5. The topological polar surface area (TPSA) is 520 Å². The Bertz CT molecular complexity index is 7490. The molecule has 784 valence electrons. The molecule has 0 fully saturated rings. The standard InChI is InChI=1S/3C22H28N4O3S.C21H22N4O3S.C21H26N4O3S/c2*1-13(2)18-8-15(5)9-19(14(3)4)21(18)24-22(27)26-30(28,29)12-16-6-7-20-17(10-16)11-23-25-20;1-13(2)18-8-15(5)9-19(14(3)4)21(18)24-22(27)26-30(28,29)12-16-6-7-17-11-23-25-20(17)10-16;26-21(23-20-17-5-1-3-14(17)10-15-4-2-6-18(15)20)25-29(27,28)12-13-7-8-19-16(9-13)11-22-24-19;1-13(2)17-6-5-7-18(14(3)4)20(17)23-21(26)25-29(27,28)12-15-8-9-19-16(10-15)11-22-24-19/h3*6-11,13-14H,12H2,1-5H3,(H,23,25)(H2,24,26,27);7-11H,1-6,12H2,(H,22,24)(H2,23,25,26);5-11,13-14H,12H2,1-4H3,(H,22,24)(H2,23,25,26). The molecule has 0 aliphatic heterocycles. The molecule has 2 aliphatic carbocycles. The molecule has 35 nitrogen and oxygen atoms in total. The highest BCUT2D eigenvalue weighted by Gasteiger charge is 2.31. The lowest BCUT2D eigenvalue weighted by Crippen LogP contribution is -2.35. The minimum absolute atomic E-state index is 0.176. The van der Waals surface area contributed by atoms with Crippen molar-refractivity contribution in [2.45, 2.75) is 246 Å². The number of para-hydroxylation sites is 1. The van der Waals surface area contributed by atoms with Crippen LogP contribution in [0.2, 0.25) is 0 Å². The molecular formula is C108H132N20O15S5. The monoisotopic (exact) mass is 2110 g/mol. The van der Waals surface area contributed by atoms with Crippen molar-refractivity contribution in [3.05, 3.63) is 294 Å². The number of hydrogen-bond acceptors (Lipinski definition) is 20. The van der Waals surface area contributed by atoms with Crippen LogP contribution in [0.4, 0.5) is 52.4 Å². The summed E-state index contributed by atoms with van der Waals surface area (Å²) >= 11 is 0. The number of carbonyl (C=O) groups excluding carboxylic acids is 5. The van der Waals surface area contributed by atoms with Gasteiger partial charge in [0.25, 0.3) is 0 Å². The van der Waals surface area contributed by atoms with Crippen LogP contribution in [0.1, 0.15) is 282 Å². The molecular weight excluding hydrogens is 1980 g/mol. The van der Waals surface area contributed by atoms with E-state index in [1.165, 1.54) is 22.3 Å². The number of fused-ring (bicyclic) bond motifs is 7. The van der Waals surface area contributed by atoms with Gasteiger partial charge in [-0.15, -0.1) is 0 Å². The number of urea groups is 5. The fourth-order valence-corrected chi connectivity index (χ4v) is 23.6. The second-order valence-electron chi connectivity index (χ2n) is 40.3. The largest absolute Gasteiger partial charge is 0.332 e. The van der Waals surface area contributed by atoms with E-state index in [1.807, 2.05) is 186 Å². The summed E-state index contributed by atoms with van der Waals surface area (Å²) in [5, 5.41) is 51.9. The number of aromatic nitrogens is 10. The first kappa shape index (κ1) is 111. The zero-order valence-electron chi connectivity index (χ0n) is 86.6. The molecule has 0 atom stereocenters. The Kier molecular flexibility index (Phi) is 35.4. The minimum atomic E-state index is -3.88. The summed E-state index contributed by atoms with van der Waals surface area (Å²) in [5.74, 6) is -0.0594. The van der Waals surface area contributed by atoms with Crippen LogP contribution in [0.5, 0.6) is 0 Å². The quantitative estimate of drug-likeness (QED) is 0.0216. The number of nitrogens with zero attached hydrogens (tertiary/aromatic N) is 5. The molecule has 10 amide bonds. The van der Waals surface area contributed by atoms with Crippen molar-refractivity contribution in [3.8, 4) is 0 Å². The second kappa shape index (κ2) is 47.2. The maximum Gasteiger partial charge on any atom is 0.332 e. The molecule has 0 saturated heterocycles. The van der Waals surface area contributed by atoms with Gasteiger partial charge in [0, 0.05) is 55.4 Å². The van der Waals surface area contributed by atoms with E-state index in [1.54, 1.807) is 122 Å².